The fourth-order valence-electron chi connectivity index (χ4n) is 4.53. The molecule has 232 valence electrons. The van der Waals surface area contributed by atoms with Crippen LogP contribution in [0.2, 0.25) is 0 Å². The van der Waals surface area contributed by atoms with E-state index in [1.165, 1.54) is 0 Å². The van der Waals surface area contributed by atoms with Crippen LogP contribution < -0.4 is 0 Å². The summed E-state index contributed by atoms with van der Waals surface area (Å²) in [5.74, 6) is -9.65. The maximum absolute atomic E-state index is 14.1. The van der Waals surface area contributed by atoms with Gasteiger partial charge in [0.25, 0.3) is 5.60 Å². The van der Waals surface area contributed by atoms with E-state index in [-0.39, 0.29) is 6.92 Å². The maximum Gasteiger partial charge on any atom is 0.437 e. The van der Waals surface area contributed by atoms with Crippen molar-refractivity contribution in [1.82, 2.24) is 0 Å². The topological polar surface area (TPSA) is 44.8 Å². The molecule has 1 rings (SSSR count). The van der Waals surface area contributed by atoms with Crippen LogP contribution >= 0.6 is 0 Å². The molecule has 0 heterocycles. The number of hydrogen-bond donors (Lipinski definition) is 0. The van der Waals surface area contributed by atoms with Crippen molar-refractivity contribution < 1.29 is 84.9 Å². The second-order valence-corrected chi connectivity index (χ2v) is 9.15. The van der Waals surface area contributed by atoms with Crippen molar-refractivity contribution in [1.29, 1.82) is 0 Å². The molecule has 3 unspecified atom stereocenters. The molecule has 3 atom stereocenters. The molecular formula is C20H23F15O4. The molecule has 1 aliphatic carbocycles. The van der Waals surface area contributed by atoms with Gasteiger partial charge in [0.1, 0.15) is 6.79 Å². The van der Waals surface area contributed by atoms with Crippen molar-refractivity contribution in [2.75, 3.05) is 13.9 Å². The first-order valence-corrected chi connectivity index (χ1v) is 10.9. The van der Waals surface area contributed by atoms with Crippen LogP contribution in [-0.2, 0) is 19.0 Å². The molecule has 4 nitrogen and oxygen atoms in total. The fourth-order valence-corrected chi connectivity index (χ4v) is 4.53. The lowest BCUT2D eigenvalue weighted by molar-refractivity contribution is -0.419. The van der Waals surface area contributed by atoms with Gasteiger partial charge in [0, 0.05) is 18.9 Å². The largest absolute Gasteiger partial charge is 0.438 e. The van der Waals surface area contributed by atoms with E-state index < -0.39 is 104 Å². The van der Waals surface area contributed by atoms with Gasteiger partial charge in [0.2, 0.25) is 0 Å². The first-order chi connectivity index (χ1) is 17.2. The molecule has 0 N–H and O–H groups in total. The Bertz CT molecular complexity index is 813. The number of rotatable bonds is 8. The van der Waals surface area contributed by atoms with E-state index in [1.54, 1.807) is 0 Å². The Labute approximate surface area is 211 Å². The maximum atomic E-state index is 14.1. The van der Waals surface area contributed by atoms with Gasteiger partial charge in [-0.2, -0.15) is 65.9 Å². The summed E-state index contributed by atoms with van der Waals surface area (Å²) >= 11 is 0. The van der Waals surface area contributed by atoms with Gasteiger partial charge in [-0.05, 0) is 32.6 Å². The van der Waals surface area contributed by atoms with E-state index in [1.807, 2.05) is 0 Å². The number of carbonyl (C=O) groups is 1. The molecule has 0 spiro atoms. The highest BCUT2D eigenvalue weighted by Crippen LogP contribution is 2.60. The third-order valence-corrected chi connectivity index (χ3v) is 6.95. The molecule has 0 aromatic carbocycles. The van der Waals surface area contributed by atoms with E-state index in [0.717, 1.165) is 0 Å². The van der Waals surface area contributed by atoms with Crippen molar-refractivity contribution in [2.24, 2.45) is 17.3 Å². The predicted octanol–water partition coefficient (Wildman–Crippen LogP) is 7.66. The van der Waals surface area contributed by atoms with E-state index in [0.29, 0.717) is 14.0 Å². The minimum absolute atomic E-state index is 0.0621. The summed E-state index contributed by atoms with van der Waals surface area (Å²) in [7, 11) is 0.588. The average Bonchev–Trinajstić information content (AvgIpc) is 2.72. The van der Waals surface area contributed by atoms with Crippen molar-refractivity contribution in [3.63, 3.8) is 0 Å². The van der Waals surface area contributed by atoms with E-state index >= 15 is 0 Å². The Morgan fingerprint density at radius 3 is 1.38 bits per heavy atom. The average molecular weight is 612 g/mol. The first-order valence-electron chi connectivity index (χ1n) is 10.9. The van der Waals surface area contributed by atoms with Crippen LogP contribution in [0.5, 0.6) is 0 Å². The minimum Gasteiger partial charge on any atom is -0.438 e. The Morgan fingerprint density at radius 2 is 1.08 bits per heavy atom. The zero-order chi connectivity index (χ0) is 31.1. The highest BCUT2D eigenvalue weighted by Gasteiger charge is 2.81. The molecule has 1 saturated carbocycles. The van der Waals surface area contributed by atoms with Crippen LogP contribution in [0, 0.1) is 17.3 Å². The highest BCUT2D eigenvalue weighted by atomic mass is 19.4. The molecule has 19 heteroatoms. The Morgan fingerprint density at radius 1 is 0.692 bits per heavy atom. The molecule has 0 bridgehead atoms. The summed E-state index contributed by atoms with van der Waals surface area (Å²) in [5.41, 5.74) is -15.2. The first kappa shape index (κ1) is 35.4. The number of carbonyl (C=O) groups excluding carboxylic acids is 1. The third kappa shape index (κ3) is 6.02. The molecule has 0 radical (unpaired) electrons. The number of hydrogen-bond acceptors (Lipinski definition) is 4. The quantitative estimate of drug-likeness (QED) is 0.161. The summed E-state index contributed by atoms with van der Waals surface area (Å²) in [4.78, 5) is 12.3. The van der Waals surface area contributed by atoms with E-state index in [9.17, 15) is 70.7 Å². The van der Waals surface area contributed by atoms with Crippen LogP contribution in [0.25, 0.3) is 0 Å². The van der Waals surface area contributed by atoms with Crippen LogP contribution in [-0.4, -0.2) is 62.0 Å². The van der Waals surface area contributed by atoms with E-state index in [2.05, 4.69) is 14.2 Å². The molecule has 0 aromatic rings. The number of esters is 1. The lowest BCUT2D eigenvalue weighted by atomic mass is 9.66. The Hall–Kier alpha value is -1.66. The molecule has 1 aliphatic rings. The van der Waals surface area contributed by atoms with Crippen LogP contribution in [0.3, 0.4) is 0 Å². The second kappa shape index (κ2) is 11.0. The van der Waals surface area contributed by atoms with Crippen molar-refractivity contribution in [3.05, 3.63) is 0 Å². The molecule has 0 aliphatic heterocycles. The lowest BCUT2D eigenvalue weighted by Crippen LogP contribution is -2.68. The van der Waals surface area contributed by atoms with Gasteiger partial charge in [-0.25, -0.2) is 0 Å². The summed E-state index contributed by atoms with van der Waals surface area (Å²) in [6.45, 7) is -1.21. The monoisotopic (exact) mass is 612 g/mol. The normalized spacial score (nSPS) is 22.4. The fraction of sp³-hybridized carbons (Fsp3) is 0.950. The van der Waals surface area contributed by atoms with Gasteiger partial charge in [-0.3, -0.25) is 4.79 Å². The molecular weight excluding hydrogens is 589 g/mol. The highest BCUT2D eigenvalue weighted by molar-refractivity contribution is 5.78. The van der Waals surface area contributed by atoms with Crippen molar-refractivity contribution in [3.8, 4) is 0 Å². The summed E-state index contributed by atoms with van der Waals surface area (Å²) in [6.07, 6.45) is -39.7. The molecule has 0 saturated heterocycles. The summed E-state index contributed by atoms with van der Waals surface area (Å²) in [6, 6.07) is 0. The van der Waals surface area contributed by atoms with Gasteiger partial charge in [0.05, 0.1) is 0 Å². The standard InChI is InChI=1S/C20H23F15O4/c1-4-13(2,16(21,22)23)12(36)39-15(19(30,31)32,20(33,34)35)11-7-5-6-10(8-11)14(17(24,25)26,18(27,28)29)38-9-37-3/h10-11H,4-9H2,1-3H3. The van der Waals surface area contributed by atoms with Gasteiger partial charge in [-0.1, -0.05) is 13.3 Å². The number of ether oxygens (including phenoxy) is 3. The van der Waals surface area contributed by atoms with Gasteiger partial charge >= 0.3 is 42.5 Å². The third-order valence-electron chi connectivity index (χ3n) is 6.95. The zero-order valence-corrected chi connectivity index (χ0v) is 20.2. The minimum atomic E-state index is -6.82. The number of methoxy groups -OCH3 is 1. The van der Waals surface area contributed by atoms with Gasteiger partial charge in [0.15, 0.2) is 5.41 Å². The SMILES string of the molecule is CCC(C)(C(=O)OC(C1CCCC(C(OCOC)(C(F)(F)F)C(F)(F)F)C1)(C(F)(F)F)C(F)(F)F)C(F)(F)F. The molecule has 39 heavy (non-hydrogen) atoms. The van der Waals surface area contributed by atoms with Crippen LogP contribution in [0.1, 0.15) is 46.0 Å². The summed E-state index contributed by atoms with van der Waals surface area (Å²) in [5, 5.41) is 0. The van der Waals surface area contributed by atoms with Crippen LogP contribution in [0.15, 0.2) is 0 Å². The van der Waals surface area contributed by atoms with Crippen molar-refractivity contribution >= 4 is 5.97 Å². The Kier molecular flexibility index (Phi) is 9.94. The number of halogens is 15. The second-order valence-electron chi connectivity index (χ2n) is 9.15. The zero-order valence-electron chi connectivity index (χ0n) is 20.2. The lowest BCUT2D eigenvalue weighted by Gasteiger charge is -2.49. The van der Waals surface area contributed by atoms with Gasteiger partial charge in [-0.15, -0.1) is 0 Å². The smallest absolute Gasteiger partial charge is 0.437 e. The van der Waals surface area contributed by atoms with E-state index in [4.69, 9.17) is 0 Å². The molecule has 1 fully saturated rings. The number of alkyl halides is 15. The predicted molar refractivity (Wildman–Crippen MR) is 98.6 cm³/mol. The van der Waals surface area contributed by atoms with Crippen molar-refractivity contribution in [2.45, 2.75) is 88.0 Å². The van der Waals surface area contributed by atoms with Gasteiger partial charge < -0.3 is 14.2 Å². The van der Waals surface area contributed by atoms with Crippen LogP contribution in [0.4, 0.5) is 65.9 Å². The Balaban J connectivity index is 3.88. The molecule has 0 aromatic heterocycles. The summed E-state index contributed by atoms with van der Waals surface area (Å²) < 4.78 is 220. The molecule has 0 amide bonds.